The van der Waals surface area contributed by atoms with Crippen molar-refractivity contribution in [3.05, 3.63) is 35.9 Å². The lowest BCUT2D eigenvalue weighted by atomic mass is 10.2. The van der Waals surface area contributed by atoms with E-state index in [1.165, 1.54) is 4.90 Å². The molecule has 0 saturated carbocycles. The van der Waals surface area contributed by atoms with Gasteiger partial charge in [-0.1, -0.05) is 53.5 Å². The Morgan fingerprint density at radius 3 is 2.43 bits per heavy atom. The lowest BCUT2D eigenvalue weighted by molar-refractivity contribution is -0.128. The Labute approximate surface area is 93.4 Å². The number of nitrogens with zero attached hydrogens (tertiary/aromatic N) is 1. The predicted octanol–water partition coefficient (Wildman–Crippen LogP) is 2.45. The highest BCUT2D eigenvalue weighted by molar-refractivity contribution is 6.53. The molecule has 1 aromatic rings. The molecule has 0 saturated heterocycles. The number of halogens is 2. The second kappa shape index (κ2) is 5.23. The van der Waals surface area contributed by atoms with Gasteiger partial charge in [-0.2, -0.15) is 0 Å². The van der Waals surface area contributed by atoms with Crippen LogP contribution in [0, 0.1) is 0 Å². The summed E-state index contributed by atoms with van der Waals surface area (Å²) in [5.74, 6) is -0.280. The standard InChI is InChI=1S/C10H11Cl2NO/c1-13(10(14)9(11)12)7-8-5-3-2-4-6-8/h2-6,9H,7H2,1H3. The van der Waals surface area contributed by atoms with Gasteiger partial charge >= 0.3 is 0 Å². The van der Waals surface area contributed by atoms with Crippen LogP contribution >= 0.6 is 23.2 Å². The number of benzene rings is 1. The third kappa shape index (κ3) is 3.20. The molecular formula is C10H11Cl2NO. The third-order valence-corrected chi connectivity index (χ3v) is 2.20. The van der Waals surface area contributed by atoms with Gasteiger partial charge in [0, 0.05) is 13.6 Å². The van der Waals surface area contributed by atoms with Gasteiger partial charge in [0.15, 0.2) is 4.84 Å². The van der Waals surface area contributed by atoms with Crippen molar-refractivity contribution in [2.45, 2.75) is 11.4 Å². The van der Waals surface area contributed by atoms with Crippen molar-refractivity contribution in [3.8, 4) is 0 Å². The molecule has 0 atom stereocenters. The van der Waals surface area contributed by atoms with Gasteiger partial charge in [0.1, 0.15) is 0 Å². The molecule has 0 bridgehead atoms. The zero-order valence-corrected chi connectivity index (χ0v) is 9.29. The van der Waals surface area contributed by atoms with E-state index in [0.29, 0.717) is 6.54 Å². The van der Waals surface area contributed by atoms with Crippen molar-refractivity contribution >= 4 is 29.1 Å². The lowest BCUT2D eigenvalue weighted by Gasteiger charge is -2.17. The van der Waals surface area contributed by atoms with Crippen LogP contribution in [-0.2, 0) is 11.3 Å². The minimum Gasteiger partial charge on any atom is -0.339 e. The molecule has 2 nitrogen and oxygen atoms in total. The molecule has 1 aromatic carbocycles. The molecule has 0 fully saturated rings. The van der Waals surface area contributed by atoms with Gasteiger partial charge < -0.3 is 4.90 Å². The van der Waals surface area contributed by atoms with Crippen LogP contribution in [0.4, 0.5) is 0 Å². The fraction of sp³-hybridized carbons (Fsp3) is 0.300. The van der Waals surface area contributed by atoms with Crippen LogP contribution in [0.1, 0.15) is 5.56 Å². The molecule has 0 aliphatic rings. The normalized spacial score (nSPS) is 10.3. The van der Waals surface area contributed by atoms with Crippen molar-refractivity contribution in [1.29, 1.82) is 0 Å². The van der Waals surface area contributed by atoms with Gasteiger partial charge in [0.2, 0.25) is 0 Å². The average Bonchev–Trinajstić information content (AvgIpc) is 2.18. The number of hydrogen-bond donors (Lipinski definition) is 0. The van der Waals surface area contributed by atoms with Gasteiger partial charge in [-0.15, -0.1) is 0 Å². The monoisotopic (exact) mass is 231 g/mol. The first kappa shape index (κ1) is 11.3. The topological polar surface area (TPSA) is 20.3 Å². The average molecular weight is 232 g/mol. The van der Waals surface area contributed by atoms with E-state index in [9.17, 15) is 4.79 Å². The number of amides is 1. The molecule has 4 heteroatoms. The highest BCUT2D eigenvalue weighted by Crippen LogP contribution is 2.09. The Balaban J connectivity index is 2.57. The van der Waals surface area contributed by atoms with Crippen LogP contribution in [0.25, 0.3) is 0 Å². The van der Waals surface area contributed by atoms with E-state index in [4.69, 9.17) is 23.2 Å². The second-order valence-electron chi connectivity index (χ2n) is 2.98. The maximum atomic E-state index is 11.3. The molecule has 14 heavy (non-hydrogen) atoms. The number of carbonyl (C=O) groups is 1. The van der Waals surface area contributed by atoms with Crippen molar-refractivity contribution < 1.29 is 4.79 Å². The number of alkyl halides is 2. The number of carbonyl (C=O) groups excluding carboxylic acids is 1. The summed E-state index contributed by atoms with van der Waals surface area (Å²) in [7, 11) is 1.67. The van der Waals surface area contributed by atoms with Crippen molar-refractivity contribution in [2.24, 2.45) is 0 Å². The molecule has 1 rings (SSSR count). The molecular weight excluding hydrogens is 221 g/mol. The Bertz CT molecular complexity index is 300. The van der Waals surface area contributed by atoms with E-state index in [1.807, 2.05) is 30.3 Å². The number of rotatable bonds is 3. The molecule has 0 aliphatic heterocycles. The first-order chi connectivity index (χ1) is 6.61. The van der Waals surface area contributed by atoms with Crippen LogP contribution in [0.3, 0.4) is 0 Å². The minimum absolute atomic E-state index is 0.280. The SMILES string of the molecule is CN(Cc1ccccc1)C(=O)C(Cl)Cl. The molecule has 1 amide bonds. The van der Waals surface area contributed by atoms with Crippen LogP contribution in [-0.4, -0.2) is 22.7 Å². The molecule has 76 valence electrons. The van der Waals surface area contributed by atoms with E-state index >= 15 is 0 Å². The summed E-state index contributed by atoms with van der Waals surface area (Å²) in [6.45, 7) is 0.523. The van der Waals surface area contributed by atoms with Crippen molar-refractivity contribution in [2.75, 3.05) is 7.05 Å². The summed E-state index contributed by atoms with van der Waals surface area (Å²) in [6.07, 6.45) is 0. The summed E-state index contributed by atoms with van der Waals surface area (Å²) >= 11 is 10.9. The molecule has 0 unspecified atom stereocenters. The second-order valence-corrected chi connectivity index (χ2v) is 4.08. The van der Waals surface area contributed by atoms with E-state index in [-0.39, 0.29) is 5.91 Å². The molecule has 0 heterocycles. The molecule has 0 aromatic heterocycles. The maximum absolute atomic E-state index is 11.3. The Hall–Kier alpha value is -0.730. The molecule has 0 aliphatic carbocycles. The highest BCUT2D eigenvalue weighted by Gasteiger charge is 2.16. The zero-order valence-electron chi connectivity index (χ0n) is 7.78. The first-order valence-electron chi connectivity index (χ1n) is 4.18. The maximum Gasteiger partial charge on any atom is 0.255 e. The van der Waals surface area contributed by atoms with Crippen LogP contribution in [0.15, 0.2) is 30.3 Å². The minimum atomic E-state index is -0.983. The van der Waals surface area contributed by atoms with Gasteiger partial charge in [-0.3, -0.25) is 4.79 Å². The van der Waals surface area contributed by atoms with E-state index < -0.39 is 4.84 Å². The molecule has 0 radical (unpaired) electrons. The first-order valence-corrected chi connectivity index (χ1v) is 5.05. The highest BCUT2D eigenvalue weighted by atomic mass is 35.5. The Morgan fingerprint density at radius 2 is 1.93 bits per heavy atom. The fourth-order valence-electron chi connectivity index (χ4n) is 1.10. The summed E-state index contributed by atoms with van der Waals surface area (Å²) in [5, 5.41) is 0. The Morgan fingerprint density at radius 1 is 1.36 bits per heavy atom. The predicted molar refractivity (Wildman–Crippen MR) is 58.4 cm³/mol. The summed E-state index contributed by atoms with van der Waals surface area (Å²) < 4.78 is 0. The third-order valence-electron chi connectivity index (χ3n) is 1.83. The quantitative estimate of drug-likeness (QED) is 0.733. The summed E-state index contributed by atoms with van der Waals surface area (Å²) in [6, 6.07) is 9.67. The summed E-state index contributed by atoms with van der Waals surface area (Å²) in [5.41, 5.74) is 1.05. The Kier molecular flexibility index (Phi) is 4.23. The van der Waals surface area contributed by atoms with Crippen LogP contribution in [0.2, 0.25) is 0 Å². The van der Waals surface area contributed by atoms with Crippen molar-refractivity contribution in [1.82, 2.24) is 4.90 Å². The van der Waals surface area contributed by atoms with Crippen LogP contribution in [0.5, 0.6) is 0 Å². The molecule has 0 N–H and O–H groups in total. The van der Waals surface area contributed by atoms with E-state index in [1.54, 1.807) is 7.05 Å². The fourth-order valence-corrected chi connectivity index (χ4v) is 1.43. The van der Waals surface area contributed by atoms with Gasteiger partial charge in [-0.05, 0) is 5.56 Å². The van der Waals surface area contributed by atoms with Gasteiger partial charge in [0.25, 0.3) is 5.91 Å². The number of hydrogen-bond acceptors (Lipinski definition) is 1. The summed E-state index contributed by atoms with van der Waals surface area (Å²) in [4.78, 5) is 11.8. The van der Waals surface area contributed by atoms with E-state index in [0.717, 1.165) is 5.56 Å². The van der Waals surface area contributed by atoms with Gasteiger partial charge in [-0.25, -0.2) is 0 Å². The largest absolute Gasteiger partial charge is 0.339 e. The zero-order chi connectivity index (χ0) is 10.6. The smallest absolute Gasteiger partial charge is 0.255 e. The van der Waals surface area contributed by atoms with Crippen molar-refractivity contribution in [3.63, 3.8) is 0 Å². The molecule has 0 spiro atoms. The van der Waals surface area contributed by atoms with E-state index in [2.05, 4.69) is 0 Å². The van der Waals surface area contributed by atoms with Gasteiger partial charge in [0.05, 0.1) is 0 Å². The lowest BCUT2D eigenvalue weighted by Crippen LogP contribution is -2.30. The van der Waals surface area contributed by atoms with Crippen LogP contribution < -0.4 is 0 Å².